The van der Waals surface area contributed by atoms with Crippen LogP contribution in [0.1, 0.15) is 19.8 Å². The van der Waals surface area contributed by atoms with Crippen LogP contribution in [0.4, 0.5) is 4.79 Å². The second-order valence-corrected chi connectivity index (χ2v) is 6.98. The number of hydrogen-bond acceptors (Lipinski definition) is 4. The van der Waals surface area contributed by atoms with E-state index in [0.29, 0.717) is 18.2 Å². The number of carbonyl (C=O) groups excluding carboxylic acids is 1. The van der Waals surface area contributed by atoms with Gasteiger partial charge in [0, 0.05) is 12.3 Å². The summed E-state index contributed by atoms with van der Waals surface area (Å²) in [6, 6.07) is -0.943. The third-order valence-electron chi connectivity index (χ3n) is 4.12. The molecule has 2 heterocycles. The van der Waals surface area contributed by atoms with Crippen molar-refractivity contribution in [3.8, 4) is 0 Å². The number of amides is 2. The Kier molecular flexibility index (Phi) is 5.15. The van der Waals surface area contributed by atoms with Gasteiger partial charge in [0.15, 0.2) is 0 Å². The molecule has 0 aromatic rings. The first-order valence-electron chi connectivity index (χ1n) is 7.08. The van der Waals surface area contributed by atoms with Crippen molar-refractivity contribution in [3.63, 3.8) is 0 Å². The van der Waals surface area contributed by atoms with Gasteiger partial charge in [-0.1, -0.05) is 0 Å². The lowest BCUT2D eigenvalue weighted by Crippen LogP contribution is -2.50. The Labute approximate surface area is 123 Å². The molecule has 20 heavy (non-hydrogen) atoms. The Morgan fingerprint density at radius 1 is 1.35 bits per heavy atom. The van der Waals surface area contributed by atoms with Crippen molar-refractivity contribution >= 4 is 23.8 Å². The number of carboxylic acid groups (broad SMARTS) is 1. The van der Waals surface area contributed by atoms with Crippen molar-refractivity contribution in [1.29, 1.82) is 0 Å². The summed E-state index contributed by atoms with van der Waals surface area (Å²) in [5.41, 5.74) is 0. The molecule has 0 spiro atoms. The molecular weight excluding hydrogens is 278 g/mol. The van der Waals surface area contributed by atoms with E-state index >= 15 is 0 Å². The number of nitrogens with zero attached hydrogens (tertiary/aromatic N) is 2. The van der Waals surface area contributed by atoms with Crippen LogP contribution in [0, 0.1) is 5.92 Å². The first-order valence-corrected chi connectivity index (χ1v) is 8.13. The van der Waals surface area contributed by atoms with E-state index in [4.69, 9.17) is 5.11 Å². The predicted molar refractivity (Wildman–Crippen MR) is 78.8 cm³/mol. The number of carboxylic acids is 1. The largest absolute Gasteiger partial charge is 0.480 e. The lowest BCUT2D eigenvalue weighted by molar-refractivity contribution is -0.141. The third kappa shape index (κ3) is 3.58. The van der Waals surface area contributed by atoms with Gasteiger partial charge in [0.2, 0.25) is 0 Å². The predicted octanol–water partition coefficient (Wildman–Crippen LogP) is 0.886. The molecule has 7 heteroatoms. The highest BCUT2D eigenvalue weighted by molar-refractivity contribution is 8.00. The number of nitrogens with one attached hydrogen (secondary N) is 1. The van der Waals surface area contributed by atoms with Crippen molar-refractivity contribution in [2.45, 2.75) is 31.2 Å². The standard InChI is InChI=1S/C13H23N3O3S/c1-9-16(11(8-20-9)12(17)18)13(19)14-7-10-3-5-15(2)6-4-10/h9-11H,3-8H2,1-2H3,(H,14,19)(H,17,18). The highest BCUT2D eigenvalue weighted by Gasteiger charge is 2.39. The number of carbonyl (C=O) groups is 2. The number of thioether (sulfide) groups is 1. The highest BCUT2D eigenvalue weighted by atomic mass is 32.2. The van der Waals surface area contributed by atoms with Crippen LogP contribution >= 0.6 is 11.8 Å². The maximum Gasteiger partial charge on any atom is 0.327 e. The molecule has 2 atom stereocenters. The summed E-state index contributed by atoms with van der Waals surface area (Å²) in [5, 5.41) is 12.0. The van der Waals surface area contributed by atoms with Gasteiger partial charge in [0.25, 0.3) is 0 Å². The number of likely N-dealkylation sites (tertiary alicyclic amines) is 1. The minimum absolute atomic E-state index is 0.0754. The summed E-state index contributed by atoms with van der Waals surface area (Å²) < 4.78 is 0. The molecule has 0 radical (unpaired) electrons. The van der Waals surface area contributed by atoms with Gasteiger partial charge in [0.1, 0.15) is 6.04 Å². The number of aliphatic carboxylic acids is 1. The van der Waals surface area contributed by atoms with Crippen LogP contribution in [-0.4, -0.2) is 70.8 Å². The molecule has 114 valence electrons. The number of hydrogen-bond donors (Lipinski definition) is 2. The molecule has 2 saturated heterocycles. The highest BCUT2D eigenvalue weighted by Crippen LogP contribution is 2.28. The fourth-order valence-corrected chi connectivity index (χ4v) is 3.90. The fraction of sp³-hybridized carbons (Fsp3) is 0.846. The maximum absolute atomic E-state index is 12.2. The topological polar surface area (TPSA) is 72.9 Å². The molecule has 0 aromatic heterocycles. The Balaban J connectivity index is 1.83. The van der Waals surface area contributed by atoms with Crippen molar-refractivity contribution in [1.82, 2.24) is 15.1 Å². The van der Waals surface area contributed by atoms with Crippen molar-refractivity contribution in [2.75, 3.05) is 32.4 Å². The summed E-state index contributed by atoms with van der Waals surface area (Å²) in [5.74, 6) is 0.0540. The summed E-state index contributed by atoms with van der Waals surface area (Å²) in [6.07, 6.45) is 2.17. The van der Waals surface area contributed by atoms with E-state index in [2.05, 4.69) is 17.3 Å². The molecule has 2 fully saturated rings. The SMILES string of the molecule is CC1SCC(C(=O)O)N1C(=O)NCC1CCN(C)CC1. The molecule has 2 unspecified atom stereocenters. The van der Waals surface area contributed by atoms with Crippen LogP contribution in [0.2, 0.25) is 0 Å². The van der Waals surface area contributed by atoms with Gasteiger partial charge in [-0.05, 0) is 45.8 Å². The molecule has 6 nitrogen and oxygen atoms in total. The molecule has 2 aliphatic rings. The zero-order chi connectivity index (χ0) is 14.7. The van der Waals surface area contributed by atoms with Gasteiger partial charge in [-0.15, -0.1) is 11.8 Å². The zero-order valence-electron chi connectivity index (χ0n) is 12.0. The van der Waals surface area contributed by atoms with Crippen molar-refractivity contribution in [3.05, 3.63) is 0 Å². The molecule has 0 aliphatic carbocycles. The Morgan fingerprint density at radius 3 is 2.60 bits per heavy atom. The molecule has 0 bridgehead atoms. The average molecular weight is 301 g/mol. The fourth-order valence-electron chi connectivity index (χ4n) is 2.73. The average Bonchev–Trinajstić information content (AvgIpc) is 2.80. The number of urea groups is 1. The summed E-state index contributed by atoms with van der Waals surface area (Å²) in [4.78, 5) is 27.1. The van der Waals surface area contributed by atoms with Crippen molar-refractivity contribution < 1.29 is 14.7 Å². The van der Waals surface area contributed by atoms with Crippen LogP contribution in [0.3, 0.4) is 0 Å². The molecule has 2 N–H and O–H groups in total. The van der Waals surface area contributed by atoms with Gasteiger partial charge in [-0.3, -0.25) is 4.90 Å². The van der Waals surface area contributed by atoms with Crippen LogP contribution < -0.4 is 5.32 Å². The third-order valence-corrected chi connectivity index (χ3v) is 5.34. The van der Waals surface area contributed by atoms with Crippen molar-refractivity contribution in [2.24, 2.45) is 5.92 Å². The summed E-state index contributed by atoms with van der Waals surface area (Å²) in [6.45, 7) is 4.65. The quantitative estimate of drug-likeness (QED) is 0.810. The first-order chi connectivity index (χ1) is 9.49. The first kappa shape index (κ1) is 15.4. The van der Waals surface area contributed by atoms with Crippen LogP contribution in [0.5, 0.6) is 0 Å². The molecule has 2 amide bonds. The van der Waals surface area contributed by atoms with E-state index < -0.39 is 12.0 Å². The molecule has 0 saturated carbocycles. The Hall–Kier alpha value is -0.950. The Bertz CT molecular complexity index is 372. The van der Waals surface area contributed by atoms with E-state index in [0.717, 1.165) is 25.9 Å². The lowest BCUT2D eigenvalue weighted by Gasteiger charge is -2.30. The number of rotatable bonds is 3. The minimum Gasteiger partial charge on any atom is -0.480 e. The van der Waals surface area contributed by atoms with Crippen LogP contribution in [-0.2, 0) is 4.79 Å². The molecule has 0 aromatic carbocycles. The number of piperidine rings is 1. The van der Waals surface area contributed by atoms with Gasteiger partial charge in [-0.2, -0.15) is 0 Å². The second kappa shape index (κ2) is 6.67. The molecular formula is C13H23N3O3S. The van der Waals surface area contributed by atoms with E-state index in [1.165, 1.54) is 16.7 Å². The van der Waals surface area contributed by atoms with E-state index in [1.54, 1.807) is 0 Å². The lowest BCUT2D eigenvalue weighted by atomic mass is 9.97. The molecule has 2 aliphatic heterocycles. The van der Waals surface area contributed by atoms with Crippen LogP contribution in [0.25, 0.3) is 0 Å². The summed E-state index contributed by atoms with van der Waals surface area (Å²) >= 11 is 1.51. The van der Waals surface area contributed by atoms with Gasteiger partial charge in [-0.25, -0.2) is 9.59 Å². The smallest absolute Gasteiger partial charge is 0.327 e. The minimum atomic E-state index is -0.920. The second-order valence-electron chi connectivity index (χ2n) is 5.63. The van der Waals surface area contributed by atoms with Crippen LogP contribution in [0.15, 0.2) is 0 Å². The zero-order valence-corrected chi connectivity index (χ0v) is 12.9. The Morgan fingerprint density at radius 2 is 2.00 bits per heavy atom. The van der Waals surface area contributed by atoms with Gasteiger partial charge < -0.3 is 15.3 Å². The summed E-state index contributed by atoms with van der Waals surface area (Å²) in [7, 11) is 2.11. The normalized spacial score (nSPS) is 28.6. The van der Waals surface area contributed by atoms with Gasteiger partial charge >= 0.3 is 12.0 Å². The monoisotopic (exact) mass is 301 g/mol. The van der Waals surface area contributed by atoms with E-state index in [1.807, 2.05) is 6.92 Å². The van der Waals surface area contributed by atoms with E-state index in [9.17, 15) is 9.59 Å². The van der Waals surface area contributed by atoms with E-state index in [-0.39, 0.29) is 11.4 Å². The van der Waals surface area contributed by atoms with Gasteiger partial charge in [0.05, 0.1) is 5.37 Å². The maximum atomic E-state index is 12.2. The molecule has 2 rings (SSSR count).